The van der Waals surface area contributed by atoms with Crippen LogP contribution in [0.2, 0.25) is 0 Å². The van der Waals surface area contributed by atoms with Gasteiger partial charge in [-0.15, -0.1) is 12.4 Å². The van der Waals surface area contributed by atoms with Gasteiger partial charge in [0.05, 0.1) is 0 Å². The van der Waals surface area contributed by atoms with E-state index in [0.29, 0.717) is 12.0 Å². The van der Waals surface area contributed by atoms with E-state index in [-0.39, 0.29) is 18.3 Å². The van der Waals surface area contributed by atoms with Crippen LogP contribution in [-0.4, -0.2) is 25.0 Å². The molecule has 0 unspecified atom stereocenters. The molecule has 1 amide bonds. The van der Waals surface area contributed by atoms with Crippen molar-refractivity contribution in [3.8, 4) is 0 Å². The minimum Gasteiger partial charge on any atom is -0.352 e. The molecule has 2 aliphatic heterocycles. The Morgan fingerprint density at radius 2 is 2.27 bits per heavy atom. The van der Waals surface area contributed by atoms with Gasteiger partial charge in [0.1, 0.15) is 0 Å². The van der Waals surface area contributed by atoms with Crippen LogP contribution >= 0.6 is 12.4 Å². The zero-order chi connectivity index (χ0) is 6.97. The molecule has 2 atom stereocenters. The Morgan fingerprint density at radius 3 is 3.00 bits per heavy atom. The van der Waals surface area contributed by atoms with Crippen molar-refractivity contribution in [2.75, 3.05) is 13.1 Å². The summed E-state index contributed by atoms with van der Waals surface area (Å²) in [6.45, 7) is 2.05. The molecule has 0 spiro atoms. The van der Waals surface area contributed by atoms with Crippen LogP contribution in [0.25, 0.3) is 0 Å². The number of carbonyl (C=O) groups excluding carboxylic acids is 1. The molecule has 0 radical (unpaired) electrons. The Morgan fingerprint density at radius 1 is 1.45 bits per heavy atom. The summed E-state index contributed by atoms with van der Waals surface area (Å²) in [6.07, 6.45) is 1.91. The second kappa shape index (κ2) is 3.41. The largest absolute Gasteiger partial charge is 0.352 e. The third-order valence-electron chi connectivity index (χ3n) is 2.42. The van der Waals surface area contributed by atoms with E-state index in [1.807, 2.05) is 0 Å². The van der Waals surface area contributed by atoms with Crippen molar-refractivity contribution >= 4 is 18.3 Å². The Labute approximate surface area is 72.3 Å². The van der Waals surface area contributed by atoms with E-state index in [0.717, 1.165) is 25.9 Å². The lowest BCUT2D eigenvalue weighted by molar-refractivity contribution is -0.119. The molecular formula is C7H13ClN2O. The van der Waals surface area contributed by atoms with Gasteiger partial charge in [-0.25, -0.2) is 0 Å². The molecule has 0 aromatic rings. The third-order valence-corrected chi connectivity index (χ3v) is 2.42. The fourth-order valence-corrected chi connectivity index (χ4v) is 1.83. The van der Waals surface area contributed by atoms with Crippen LogP contribution in [0.1, 0.15) is 12.8 Å². The highest BCUT2D eigenvalue weighted by molar-refractivity contribution is 5.85. The fourth-order valence-electron chi connectivity index (χ4n) is 1.83. The van der Waals surface area contributed by atoms with E-state index in [9.17, 15) is 4.79 Å². The number of hydrogen-bond donors (Lipinski definition) is 2. The molecule has 2 N–H and O–H groups in total. The van der Waals surface area contributed by atoms with E-state index in [1.54, 1.807) is 0 Å². The number of hydrogen-bond acceptors (Lipinski definition) is 2. The molecule has 2 heterocycles. The smallest absolute Gasteiger partial charge is 0.220 e. The van der Waals surface area contributed by atoms with Gasteiger partial charge in [-0.1, -0.05) is 0 Å². The number of rotatable bonds is 0. The summed E-state index contributed by atoms with van der Waals surface area (Å²) in [5, 5.41) is 6.22. The average Bonchev–Trinajstić information content (AvgIpc) is 2.27. The number of carbonyl (C=O) groups is 1. The molecular weight excluding hydrogens is 164 g/mol. The molecule has 2 rings (SSSR count). The topological polar surface area (TPSA) is 41.1 Å². The summed E-state index contributed by atoms with van der Waals surface area (Å²) in [7, 11) is 0. The zero-order valence-corrected chi connectivity index (χ0v) is 7.12. The van der Waals surface area contributed by atoms with Gasteiger partial charge < -0.3 is 10.6 Å². The molecule has 4 heteroatoms. The SMILES string of the molecule is Cl.O=C1C[C@@H]2CCNC[C@@H]2N1. The van der Waals surface area contributed by atoms with Crippen LogP contribution < -0.4 is 10.6 Å². The number of nitrogens with one attached hydrogen (secondary N) is 2. The molecule has 11 heavy (non-hydrogen) atoms. The maximum absolute atomic E-state index is 10.9. The van der Waals surface area contributed by atoms with Crippen molar-refractivity contribution < 1.29 is 4.79 Å². The first-order valence-corrected chi connectivity index (χ1v) is 3.86. The molecule has 2 fully saturated rings. The van der Waals surface area contributed by atoms with Crippen LogP contribution in [0.3, 0.4) is 0 Å². The maximum atomic E-state index is 10.9. The number of halogens is 1. The Kier molecular flexibility index (Phi) is 2.73. The van der Waals surface area contributed by atoms with E-state index in [4.69, 9.17) is 0 Å². The van der Waals surface area contributed by atoms with E-state index < -0.39 is 0 Å². The predicted octanol–water partition coefficient (Wildman–Crippen LogP) is -0.0938. The zero-order valence-electron chi connectivity index (χ0n) is 6.30. The van der Waals surface area contributed by atoms with E-state index in [1.165, 1.54) is 0 Å². The molecule has 0 aliphatic carbocycles. The van der Waals surface area contributed by atoms with Gasteiger partial charge in [0.15, 0.2) is 0 Å². The number of amides is 1. The van der Waals surface area contributed by atoms with Crippen LogP contribution in [0.5, 0.6) is 0 Å². The summed E-state index contributed by atoms with van der Waals surface area (Å²) in [5.74, 6) is 0.854. The highest BCUT2D eigenvalue weighted by Crippen LogP contribution is 2.21. The fraction of sp³-hybridized carbons (Fsp3) is 0.857. The molecule has 0 saturated carbocycles. The van der Waals surface area contributed by atoms with Gasteiger partial charge in [0, 0.05) is 19.0 Å². The highest BCUT2D eigenvalue weighted by Gasteiger charge is 2.33. The lowest BCUT2D eigenvalue weighted by atomic mass is 9.94. The Bertz CT molecular complexity index is 147. The monoisotopic (exact) mass is 176 g/mol. The summed E-state index contributed by atoms with van der Waals surface area (Å²) in [4.78, 5) is 10.9. The van der Waals surface area contributed by atoms with Crippen molar-refractivity contribution in [1.29, 1.82) is 0 Å². The van der Waals surface area contributed by atoms with Crippen molar-refractivity contribution in [3.05, 3.63) is 0 Å². The molecule has 0 aromatic heterocycles. The molecule has 0 bridgehead atoms. The van der Waals surface area contributed by atoms with E-state index >= 15 is 0 Å². The van der Waals surface area contributed by atoms with Crippen molar-refractivity contribution in [1.82, 2.24) is 10.6 Å². The van der Waals surface area contributed by atoms with Crippen LogP contribution in [-0.2, 0) is 4.79 Å². The van der Waals surface area contributed by atoms with Crippen molar-refractivity contribution in [2.24, 2.45) is 5.92 Å². The third kappa shape index (κ3) is 1.65. The summed E-state index contributed by atoms with van der Waals surface area (Å²) in [5.41, 5.74) is 0. The summed E-state index contributed by atoms with van der Waals surface area (Å²) >= 11 is 0. The number of fused-ring (bicyclic) bond motifs is 1. The first kappa shape index (κ1) is 8.81. The van der Waals surface area contributed by atoms with Gasteiger partial charge >= 0.3 is 0 Å². The Balaban J connectivity index is 0.000000605. The van der Waals surface area contributed by atoms with Crippen LogP contribution in [0.15, 0.2) is 0 Å². The molecule has 0 aromatic carbocycles. The first-order valence-electron chi connectivity index (χ1n) is 3.86. The van der Waals surface area contributed by atoms with Gasteiger partial charge in [-0.2, -0.15) is 0 Å². The van der Waals surface area contributed by atoms with Gasteiger partial charge in [0.25, 0.3) is 0 Å². The molecule has 64 valence electrons. The standard InChI is InChI=1S/C7H12N2O.ClH/c10-7-3-5-1-2-8-4-6(5)9-7;/h5-6,8H,1-4H2,(H,9,10);1H/t5-,6-;/m0./s1. The maximum Gasteiger partial charge on any atom is 0.220 e. The lowest BCUT2D eigenvalue weighted by Crippen LogP contribution is -2.44. The lowest BCUT2D eigenvalue weighted by Gasteiger charge is -2.24. The van der Waals surface area contributed by atoms with E-state index in [2.05, 4.69) is 10.6 Å². The summed E-state index contributed by atoms with van der Waals surface area (Å²) < 4.78 is 0. The Hall–Kier alpha value is -0.280. The summed E-state index contributed by atoms with van der Waals surface area (Å²) in [6, 6.07) is 0.432. The van der Waals surface area contributed by atoms with Crippen LogP contribution in [0.4, 0.5) is 0 Å². The van der Waals surface area contributed by atoms with Gasteiger partial charge in [0.2, 0.25) is 5.91 Å². The van der Waals surface area contributed by atoms with Gasteiger partial charge in [-0.05, 0) is 18.9 Å². The highest BCUT2D eigenvalue weighted by atomic mass is 35.5. The quantitative estimate of drug-likeness (QED) is 0.542. The second-order valence-corrected chi connectivity index (χ2v) is 3.13. The molecule has 2 aliphatic rings. The van der Waals surface area contributed by atoms with Crippen LogP contribution in [0, 0.1) is 5.92 Å². The molecule has 3 nitrogen and oxygen atoms in total. The molecule has 2 saturated heterocycles. The van der Waals surface area contributed by atoms with Crippen molar-refractivity contribution in [2.45, 2.75) is 18.9 Å². The van der Waals surface area contributed by atoms with Gasteiger partial charge in [-0.3, -0.25) is 4.79 Å². The number of piperidine rings is 1. The van der Waals surface area contributed by atoms with Crippen molar-refractivity contribution in [3.63, 3.8) is 0 Å². The average molecular weight is 177 g/mol. The predicted molar refractivity (Wildman–Crippen MR) is 44.8 cm³/mol. The minimum atomic E-state index is 0. The minimum absolute atomic E-state index is 0. The second-order valence-electron chi connectivity index (χ2n) is 3.13. The normalized spacial score (nSPS) is 35.5. The first-order chi connectivity index (χ1) is 4.86.